The largest absolute Gasteiger partial charge is 0.340 e. The quantitative estimate of drug-likeness (QED) is 0.863. The molecule has 0 aliphatic heterocycles. The average molecular weight is 285 g/mol. The van der Waals surface area contributed by atoms with Crippen molar-refractivity contribution in [2.24, 2.45) is 5.73 Å². The second-order valence-electron chi connectivity index (χ2n) is 3.94. The number of hydrogen-bond acceptors (Lipinski definition) is 2. The normalized spacial score (nSPS) is 11.7. The molecule has 0 saturated heterocycles. The van der Waals surface area contributed by atoms with E-state index in [0.29, 0.717) is 16.6 Å². The molecule has 5 heteroatoms. The molecule has 1 aromatic rings. The van der Waals surface area contributed by atoms with Crippen molar-refractivity contribution in [1.29, 1.82) is 0 Å². The standard InChI is InChI=1S/C13H14Cl2N2O/c1-3-4-12(16)13(18)17(2)8-9-5-6-10(14)7-11(9)15/h1,5-7,12H,4,8,16H2,2H3. The van der Waals surface area contributed by atoms with Crippen LogP contribution in [0.5, 0.6) is 0 Å². The summed E-state index contributed by atoms with van der Waals surface area (Å²) in [4.78, 5) is 13.3. The van der Waals surface area contributed by atoms with Gasteiger partial charge in [0.15, 0.2) is 0 Å². The highest BCUT2D eigenvalue weighted by molar-refractivity contribution is 6.35. The van der Waals surface area contributed by atoms with Crippen molar-refractivity contribution in [1.82, 2.24) is 4.90 Å². The molecule has 0 spiro atoms. The lowest BCUT2D eigenvalue weighted by molar-refractivity contribution is -0.131. The second-order valence-corrected chi connectivity index (χ2v) is 4.79. The summed E-state index contributed by atoms with van der Waals surface area (Å²) in [5.74, 6) is 2.16. The van der Waals surface area contributed by atoms with Crippen molar-refractivity contribution in [3.8, 4) is 12.3 Å². The Morgan fingerprint density at radius 2 is 2.22 bits per heavy atom. The van der Waals surface area contributed by atoms with E-state index in [1.54, 1.807) is 25.2 Å². The summed E-state index contributed by atoms with van der Waals surface area (Å²) in [5.41, 5.74) is 6.47. The van der Waals surface area contributed by atoms with Crippen molar-refractivity contribution in [3.05, 3.63) is 33.8 Å². The lowest BCUT2D eigenvalue weighted by atomic mass is 10.1. The van der Waals surface area contributed by atoms with Crippen molar-refractivity contribution in [3.63, 3.8) is 0 Å². The molecule has 1 aromatic carbocycles. The Morgan fingerprint density at radius 1 is 1.56 bits per heavy atom. The van der Waals surface area contributed by atoms with Crippen LogP contribution < -0.4 is 5.73 Å². The first-order valence-corrected chi connectivity index (χ1v) is 6.09. The van der Waals surface area contributed by atoms with Crippen LogP contribution in [0.2, 0.25) is 10.0 Å². The SMILES string of the molecule is C#CCC(N)C(=O)N(C)Cc1ccc(Cl)cc1Cl. The van der Waals surface area contributed by atoms with E-state index < -0.39 is 6.04 Å². The smallest absolute Gasteiger partial charge is 0.240 e. The fraction of sp³-hybridized carbons (Fsp3) is 0.308. The van der Waals surface area contributed by atoms with E-state index in [1.807, 2.05) is 0 Å². The lowest BCUT2D eigenvalue weighted by Crippen LogP contribution is -2.41. The van der Waals surface area contributed by atoms with Gasteiger partial charge < -0.3 is 10.6 Å². The second kappa shape index (κ2) is 6.65. The van der Waals surface area contributed by atoms with Gasteiger partial charge in [-0.3, -0.25) is 4.79 Å². The number of hydrogen-bond donors (Lipinski definition) is 1. The zero-order valence-corrected chi connectivity index (χ0v) is 11.5. The van der Waals surface area contributed by atoms with E-state index in [9.17, 15) is 4.79 Å². The molecule has 1 unspecified atom stereocenters. The number of halogens is 2. The van der Waals surface area contributed by atoms with Gasteiger partial charge in [0.2, 0.25) is 5.91 Å². The molecule has 0 heterocycles. The average Bonchev–Trinajstić information content (AvgIpc) is 2.32. The van der Waals surface area contributed by atoms with Crippen LogP contribution in [0.3, 0.4) is 0 Å². The van der Waals surface area contributed by atoms with Gasteiger partial charge in [0.25, 0.3) is 0 Å². The molecular weight excluding hydrogens is 271 g/mol. The molecule has 1 amide bonds. The van der Waals surface area contributed by atoms with Gasteiger partial charge >= 0.3 is 0 Å². The van der Waals surface area contributed by atoms with Gasteiger partial charge in [0.1, 0.15) is 0 Å². The number of likely N-dealkylation sites (N-methyl/N-ethyl adjacent to an activating group) is 1. The number of benzene rings is 1. The molecule has 1 atom stereocenters. The molecule has 0 bridgehead atoms. The zero-order chi connectivity index (χ0) is 13.7. The molecule has 0 saturated carbocycles. The van der Waals surface area contributed by atoms with Crippen LogP contribution in [-0.4, -0.2) is 23.9 Å². The number of carbonyl (C=O) groups excluding carboxylic acids is 1. The first-order chi connectivity index (χ1) is 8.45. The maximum Gasteiger partial charge on any atom is 0.240 e. The van der Waals surface area contributed by atoms with Crippen molar-refractivity contribution < 1.29 is 4.79 Å². The number of rotatable bonds is 4. The highest BCUT2D eigenvalue weighted by Gasteiger charge is 2.17. The van der Waals surface area contributed by atoms with Crippen LogP contribution in [0.1, 0.15) is 12.0 Å². The van der Waals surface area contributed by atoms with Crippen LogP contribution in [0.15, 0.2) is 18.2 Å². The predicted molar refractivity (Wildman–Crippen MR) is 74.4 cm³/mol. The molecule has 3 nitrogen and oxygen atoms in total. The van der Waals surface area contributed by atoms with Crippen LogP contribution in [0.25, 0.3) is 0 Å². The third-order valence-corrected chi connectivity index (χ3v) is 3.04. The van der Waals surface area contributed by atoms with Crippen molar-refractivity contribution in [2.75, 3.05) is 7.05 Å². The Morgan fingerprint density at radius 3 is 2.78 bits per heavy atom. The van der Waals surface area contributed by atoms with Gasteiger partial charge in [0.05, 0.1) is 6.04 Å². The fourth-order valence-corrected chi connectivity index (χ4v) is 1.95. The van der Waals surface area contributed by atoms with Gasteiger partial charge in [-0.1, -0.05) is 29.3 Å². The van der Waals surface area contributed by atoms with E-state index in [1.165, 1.54) is 4.90 Å². The first kappa shape index (κ1) is 14.8. The minimum absolute atomic E-state index is 0.209. The van der Waals surface area contributed by atoms with E-state index in [0.717, 1.165) is 5.56 Å². The van der Waals surface area contributed by atoms with Gasteiger partial charge in [-0.05, 0) is 17.7 Å². The summed E-state index contributed by atoms with van der Waals surface area (Å²) in [6.45, 7) is 0.368. The first-order valence-electron chi connectivity index (χ1n) is 5.33. The van der Waals surface area contributed by atoms with Crippen molar-refractivity contribution in [2.45, 2.75) is 19.0 Å². The third kappa shape index (κ3) is 3.92. The molecule has 0 radical (unpaired) electrons. The molecule has 96 valence electrons. The number of amides is 1. The Labute approximate surface area is 117 Å². The topological polar surface area (TPSA) is 46.3 Å². The molecule has 18 heavy (non-hydrogen) atoms. The van der Waals surface area contributed by atoms with Gasteiger partial charge in [-0.25, -0.2) is 0 Å². The number of nitrogens with two attached hydrogens (primary N) is 1. The number of nitrogens with zero attached hydrogens (tertiary/aromatic N) is 1. The zero-order valence-electron chi connectivity index (χ0n) is 9.99. The third-order valence-electron chi connectivity index (χ3n) is 2.45. The minimum Gasteiger partial charge on any atom is -0.340 e. The van der Waals surface area contributed by atoms with Crippen LogP contribution in [-0.2, 0) is 11.3 Å². The van der Waals surface area contributed by atoms with Gasteiger partial charge in [0, 0.05) is 30.1 Å². The molecule has 0 fully saturated rings. The maximum absolute atomic E-state index is 11.9. The Balaban J connectivity index is 2.73. The summed E-state index contributed by atoms with van der Waals surface area (Å²) >= 11 is 11.8. The van der Waals surface area contributed by atoms with E-state index in [2.05, 4.69) is 5.92 Å². The Hall–Kier alpha value is -1.21. The number of terminal acetylenes is 1. The van der Waals surface area contributed by atoms with Crippen LogP contribution in [0, 0.1) is 12.3 Å². The van der Waals surface area contributed by atoms with Crippen LogP contribution >= 0.6 is 23.2 Å². The Kier molecular flexibility index (Phi) is 5.49. The molecule has 2 N–H and O–H groups in total. The number of carbonyl (C=O) groups is 1. The summed E-state index contributed by atoms with van der Waals surface area (Å²) in [5, 5.41) is 1.08. The maximum atomic E-state index is 11.9. The van der Waals surface area contributed by atoms with Crippen LogP contribution in [0.4, 0.5) is 0 Å². The van der Waals surface area contributed by atoms with E-state index in [-0.39, 0.29) is 12.3 Å². The lowest BCUT2D eigenvalue weighted by Gasteiger charge is -2.21. The summed E-state index contributed by atoms with van der Waals surface area (Å²) in [6, 6.07) is 4.47. The molecule has 0 aliphatic rings. The van der Waals surface area contributed by atoms with E-state index >= 15 is 0 Å². The summed E-state index contributed by atoms with van der Waals surface area (Å²) in [6.07, 6.45) is 5.34. The summed E-state index contributed by atoms with van der Waals surface area (Å²) in [7, 11) is 1.66. The fourth-order valence-electron chi connectivity index (χ4n) is 1.48. The minimum atomic E-state index is -0.675. The van der Waals surface area contributed by atoms with E-state index in [4.69, 9.17) is 35.4 Å². The predicted octanol–water partition coefficient (Wildman–Crippen LogP) is 2.30. The monoisotopic (exact) mass is 284 g/mol. The van der Waals surface area contributed by atoms with Crippen molar-refractivity contribution >= 4 is 29.1 Å². The van der Waals surface area contributed by atoms with Gasteiger partial charge in [-0.15, -0.1) is 12.3 Å². The highest BCUT2D eigenvalue weighted by Crippen LogP contribution is 2.22. The molecule has 0 aromatic heterocycles. The van der Waals surface area contributed by atoms with Gasteiger partial charge in [-0.2, -0.15) is 0 Å². The highest BCUT2D eigenvalue weighted by atomic mass is 35.5. The molecule has 1 rings (SSSR count). The molecular formula is C13H14Cl2N2O. The summed E-state index contributed by atoms with van der Waals surface area (Å²) < 4.78 is 0. The molecule has 0 aliphatic carbocycles. The Bertz CT molecular complexity index is 482.